The molecule has 1 N–H and O–H groups in total. The third kappa shape index (κ3) is 7.41. The summed E-state index contributed by atoms with van der Waals surface area (Å²) >= 11 is 5.95. The SMILES string of the molecule is CC(C)CCC[C@H](C)NC(=O)COC(=O)c1ccc(Cl)c(S(=O)(=O)N(C)C)c1. The van der Waals surface area contributed by atoms with Gasteiger partial charge in [0.2, 0.25) is 10.0 Å². The number of benzene rings is 1. The van der Waals surface area contributed by atoms with Gasteiger partial charge in [0.05, 0.1) is 10.6 Å². The second-order valence-electron chi connectivity index (χ2n) is 7.30. The number of carbonyl (C=O) groups is 2. The number of sulfonamides is 1. The van der Waals surface area contributed by atoms with Crippen LogP contribution in [0.5, 0.6) is 0 Å². The minimum Gasteiger partial charge on any atom is -0.452 e. The van der Waals surface area contributed by atoms with E-state index in [0.717, 1.165) is 29.6 Å². The van der Waals surface area contributed by atoms with Crippen LogP contribution in [0.1, 0.15) is 50.4 Å². The summed E-state index contributed by atoms with van der Waals surface area (Å²) in [5.41, 5.74) is 0.00241. The quantitative estimate of drug-likeness (QED) is 0.573. The topological polar surface area (TPSA) is 92.8 Å². The molecule has 0 fully saturated rings. The van der Waals surface area contributed by atoms with E-state index in [9.17, 15) is 18.0 Å². The Morgan fingerprint density at radius 3 is 2.39 bits per heavy atom. The van der Waals surface area contributed by atoms with Gasteiger partial charge in [0.1, 0.15) is 4.90 Å². The summed E-state index contributed by atoms with van der Waals surface area (Å²) in [6, 6.07) is 3.79. The molecule has 1 aromatic carbocycles. The Bertz CT molecular complexity index is 794. The van der Waals surface area contributed by atoms with Crippen molar-refractivity contribution in [2.75, 3.05) is 20.7 Å². The second kappa shape index (κ2) is 10.8. The summed E-state index contributed by atoms with van der Waals surface area (Å²) in [6.45, 7) is 5.76. The lowest BCUT2D eigenvalue weighted by atomic mass is 10.0. The highest BCUT2D eigenvalue weighted by Gasteiger charge is 2.23. The average molecular weight is 433 g/mol. The molecule has 1 aromatic rings. The van der Waals surface area contributed by atoms with Gasteiger partial charge in [-0.15, -0.1) is 0 Å². The molecule has 0 unspecified atom stereocenters. The van der Waals surface area contributed by atoms with Crippen LogP contribution in [0.3, 0.4) is 0 Å². The number of amides is 1. The molecule has 28 heavy (non-hydrogen) atoms. The fourth-order valence-electron chi connectivity index (χ4n) is 2.46. The Hall–Kier alpha value is -1.64. The van der Waals surface area contributed by atoms with E-state index in [-0.39, 0.29) is 21.5 Å². The van der Waals surface area contributed by atoms with Gasteiger partial charge < -0.3 is 10.1 Å². The number of rotatable bonds is 10. The van der Waals surface area contributed by atoms with Crippen molar-refractivity contribution >= 4 is 33.5 Å². The number of carbonyl (C=O) groups excluding carboxylic acids is 2. The van der Waals surface area contributed by atoms with Crippen LogP contribution in [-0.2, 0) is 19.6 Å². The third-order valence-corrected chi connectivity index (χ3v) is 6.38. The lowest BCUT2D eigenvalue weighted by molar-refractivity contribution is -0.124. The molecule has 0 aliphatic carbocycles. The van der Waals surface area contributed by atoms with Crippen molar-refractivity contribution in [3.05, 3.63) is 28.8 Å². The van der Waals surface area contributed by atoms with Gasteiger partial charge in [0.15, 0.2) is 6.61 Å². The minimum absolute atomic E-state index is 0.00165. The second-order valence-corrected chi connectivity index (χ2v) is 9.83. The van der Waals surface area contributed by atoms with Gasteiger partial charge in [0, 0.05) is 20.1 Å². The first-order valence-corrected chi connectivity index (χ1v) is 11.0. The first-order chi connectivity index (χ1) is 12.9. The Balaban J connectivity index is 2.65. The molecular weight excluding hydrogens is 404 g/mol. The predicted molar refractivity (Wildman–Crippen MR) is 109 cm³/mol. The number of halogens is 1. The summed E-state index contributed by atoms with van der Waals surface area (Å²) < 4.78 is 30.5. The summed E-state index contributed by atoms with van der Waals surface area (Å²) in [6.07, 6.45) is 2.94. The molecule has 1 atom stereocenters. The number of nitrogens with zero attached hydrogens (tertiary/aromatic N) is 1. The van der Waals surface area contributed by atoms with E-state index < -0.39 is 28.5 Å². The molecule has 1 amide bonds. The van der Waals surface area contributed by atoms with E-state index in [1.165, 1.54) is 26.2 Å². The summed E-state index contributed by atoms with van der Waals surface area (Å²) in [5.74, 6) is -0.584. The molecule has 0 bridgehead atoms. The van der Waals surface area contributed by atoms with Crippen LogP contribution in [0.4, 0.5) is 0 Å². The smallest absolute Gasteiger partial charge is 0.338 e. The van der Waals surface area contributed by atoms with Crippen molar-refractivity contribution < 1.29 is 22.7 Å². The molecule has 0 heterocycles. The number of esters is 1. The van der Waals surface area contributed by atoms with Gasteiger partial charge in [-0.25, -0.2) is 17.5 Å². The van der Waals surface area contributed by atoms with E-state index in [1.54, 1.807) is 0 Å². The number of nitrogens with one attached hydrogen (secondary N) is 1. The first-order valence-electron chi connectivity index (χ1n) is 9.13. The maximum absolute atomic E-state index is 12.3. The predicted octanol–water partition coefficient (Wildman–Crippen LogP) is 3.08. The molecule has 1 rings (SSSR count). The minimum atomic E-state index is -3.81. The molecule has 0 saturated heterocycles. The van der Waals surface area contributed by atoms with E-state index >= 15 is 0 Å². The van der Waals surface area contributed by atoms with Crippen molar-refractivity contribution in [3.8, 4) is 0 Å². The molecule has 158 valence electrons. The zero-order chi connectivity index (χ0) is 21.5. The van der Waals surface area contributed by atoms with Gasteiger partial charge in [-0.05, 0) is 37.5 Å². The standard InChI is InChI=1S/C19H29ClN2O5S/c1-13(2)7-6-8-14(3)21-18(23)12-27-19(24)15-9-10-16(20)17(11-15)28(25,26)22(4)5/h9-11,13-14H,6-8,12H2,1-5H3,(H,21,23)/t14-/m0/s1. The molecule has 9 heteroatoms. The summed E-state index contributed by atoms with van der Waals surface area (Å²) in [5, 5.41) is 2.78. The van der Waals surface area contributed by atoms with Crippen LogP contribution in [-0.4, -0.2) is 51.3 Å². The molecule has 0 saturated carbocycles. The van der Waals surface area contributed by atoms with E-state index in [0.29, 0.717) is 5.92 Å². The first kappa shape index (κ1) is 24.4. The lowest BCUT2D eigenvalue weighted by Crippen LogP contribution is -2.35. The Morgan fingerprint density at radius 2 is 1.82 bits per heavy atom. The van der Waals surface area contributed by atoms with Crippen LogP contribution < -0.4 is 5.32 Å². The highest BCUT2D eigenvalue weighted by Crippen LogP contribution is 2.25. The zero-order valence-corrected chi connectivity index (χ0v) is 18.6. The Kier molecular flexibility index (Phi) is 9.39. The highest BCUT2D eigenvalue weighted by atomic mass is 35.5. The van der Waals surface area contributed by atoms with Gasteiger partial charge >= 0.3 is 5.97 Å². The molecular formula is C19H29ClN2O5S. The van der Waals surface area contributed by atoms with Crippen molar-refractivity contribution in [1.82, 2.24) is 9.62 Å². The molecule has 0 radical (unpaired) electrons. The molecule has 0 aliphatic heterocycles. The van der Waals surface area contributed by atoms with Crippen molar-refractivity contribution in [1.29, 1.82) is 0 Å². The monoisotopic (exact) mass is 432 g/mol. The fraction of sp³-hybridized carbons (Fsp3) is 0.579. The number of ether oxygens (including phenoxy) is 1. The van der Waals surface area contributed by atoms with Crippen molar-refractivity contribution in [2.45, 2.75) is 51.0 Å². The van der Waals surface area contributed by atoms with Crippen LogP contribution in [0, 0.1) is 5.92 Å². The maximum Gasteiger partial charge on any atom is 0.338 e. The van der Waals surface area contributed by atoms with Gasteiger partial charge in [-0.2, -0.15) is 0 Å². The van der Waals surface area contributed by atoms with Crippen LogP contribution in [0.15, 0.2) is 23.1 Å². The number of hydrogen-bond donors (Lipinski definition) is 1. The van der Waals surface area contributed by atoms with E-state index in [2.05, 4.69) is 19.2 Å². The highest BCUT2D eigenvalue weighted by molar-refractivity contribution is 7.89. The summed E-state index contributed by atoms with van der Waals surface area (Å²) in [7, 11) is -1.08. The van der Waals surface area contributed by atoms with Crippen molar-refractivity contribution in [3.63, 3.8) is 0 Å². The van der Waals surface area contributed by atoms with Crippen molar-refractivity contribution in [2.24, 2.45) is 5.92 Å². The molecule has 0 spiro atoms. The van der Waals surface area contributed by atoms with Crippen LogP contribution >= 0.6 is 11.6 Å². The fourth-order valence-corrected chi connectivity index (χ4v) is 3.85. The van der Waals surface area contributed by atoms with E-state index in [1.807, 2.05) is 6.92 Å². The van der Waals surface area contributed by atoms with Crippen LogP contribution in [0.25, 0.3) is 0 Å². The van der Waals surface area contributed by atoms with Gasteiger partial charge in [0.25, 0.3) is 5.91 Å². The Labute approximate surface area is 172 Å². The van der Waals surface area contributed by atoms with Gasteiger partial charge in [-0.1, -0.05) is 38.3 Å². The van der Waals surface area contributed by atoms with Crippen LogP contribution in [0.2, 0.25) is 5.02 Å². The molecule has 7 nitrogen and oxygen atoms in total. The average Bonchev–Trinajstić information content (AvgIpc) is 2.59. The molecule has 0 aliphatic rings. The third-order valence-electron chi connectivity index (χ3n) is 4.09. The Morgan fingerprint density at radius 1 is 1.18 bits per heavy atom. The number of hydrogen-bond acceptors (Lipinski definition) is 5. The van der Waals surface area contributed by atoms with E-state index in [4.69, 9.17) is 16.3 Å². The maximum atomic E-state index is 12.3. The summed E-state index contributed by atoms with van der Waals surface area (Å²) in [4.78, 5) is 23.9. The lowest BCUT2D eigenvalue weighted by Gasteiger charge is -2.15. The largest absolute Gasteiger partial charge is 0.452 e. The normalized spacial score (nSPS) is 12.9. The van der Waals surface area contributed by atoms with Gasteiger partial charge in [-0.3, -0.25) is 4.79 Å². The molecule has 0 aromatic heterocycles. The zero-order valence-electron chi connectivity index (χ0n) is 17.0.